The maximum absolute atomic E-state index is 13.5. The molecule has 4 rings (SSSR count). The van der Waals surface area contributed by atoms with Gasteiger partial charge >= 0.3 is 0 Å². The summed E-state index contributed by atoms with van der Waals surface area (Å²) >= 11 is 0. The van der Waals surface area contributed by atoms with Gasteiger partial charge in [-0.05, 0) is 42.0 Å². The fraction of sp³-hybridized carbons (Fsp3) is 0.182. The molecule has 0 fully saturated rings. The van der Waals surface area contributed by atoms with E-state index in [1.54, 1.807) is 36.0 Å². The van der Waals surface area contributed by atoms with Gasteiger partial charge in [-0.1, -0.05) is 6.07 Å². The third-order valence-corrected chi connectivity index (χ3v) is 6.06. The molecule has 0 unspecified atom stereocenters. The molecular formula is C22H20FN3O4S. The smallest absolute Gasteiger partial charge is 0.265 e. The number of sulfone groups is 1. The van der Waals surface area contributed by atoms with Gasteiger partial charge in [0.1, 0.15) is 11.5 Å². The number of carbonyl (C=O) groups excluding carboxylic acids is 2. The van der Waals surface area contributed by atoms with Crippen LogP contribution < -0.4 is 10.6 Å². The van der Waals surface area contributed by atoms with Gasteiger partial charge in [-0.3, -0.25) is 14.5 Å². The van der Waals surface area contributed by atoms with Crippen LogP contribution in [-0.4, -0.2) is 31.1 Å². The van der Waals surface area contributed by atoms with E-state index >= 15 is 0 Å². The topological polar surface area (TPSA) is 102 Å². The molecule has 31 heavy (non-hydrogen) atoms. The van der Waals surface area contributed by atoms with E-state index in [1.165, 1.54) is 29.2 Å². The summed E-state index contributed by atoms with van der Waals surface area (Å²) in [5.41, 5.74) is 8.98. The third kappa shape index (κ3) is 3.84. The fourth-order valence-electron chi connectivity index (χ4n) is 4.03. The molecule has 0 spiro atoms. The van der Waals surface area contributed by atoms with Gasteiger partial charge in [-0.2, -0.15) is 0 Å². The number of primary amides is 1. The van der Waals surface area contributed by atoms with Crippen LogP contribution in [0, 0.1) is 5.82 Å². The van der Waals surface area contributed by atoms with Crippen molar-refractivity contribution in [2.75, 3.05) is 11.2 Å². The number of aromatic nitrogens is 1. The lowest BCUT2D eigenvalue weighted by molar-refractivity contribution is -0.117. The Kier molecular flexibility index (Phi) is 4.93. The van der Waals surface area contributed by atoms with Gasteiger partial charge in [0, 0.05) is 41.9 Å². The number of nitrogens with zero attached hydrogens (tertiary/aromatic N) is 2. The van der Waals surface area contributed by atoms with E-state index in [1.807, 2.05) is 0 Å². The summed E-state index contributed by atoms with van der Waals surface area (Å²) in [5, 5.41) is 0. The van der Waals surface area contributed by atoms with E-state index in [-0.39, 0.29) is 23.8 Å². The van der Waals surface area contributed by atoms with Crippen molar-refractivity contribution < 1.29 is 22.4 Å². The highest BCUT2D eigenvalue weighted by molar-refractivity contribution is 7.89. The number of anilines is 2. The number of hydrogen-bond acceptors (Lipinski definition) is 4. The minimum absolute atomic E-state index is 0.0953. The van der Waals surface area contributed by atoms with Crippen LogP contribution in [0.1, 0.15) is 21.6 Å². The molecule has 0 radical (unpaired) electrons. The summed E-state index contributed by atoms with van der Waals surface area (Å²) in [5.74, 6) is -1.60. The number of hydrogen-bond donors (Lipinski definition) is 1. The maximum Gasteiger partial charge on any atom is 0.265 e. The summed E-state index contributed by atoms with van der Waals surface area (Å²) in [7, 11) is -1.63. The van der Waals surface area contributed by atoms with Gasteiger partial charge in [0.25, 0.3) is 5.91 Å². The molecule has 0 saturated carbocycles. The lowest BCUT2D eigenvalue weighted by Crippen LogP contribution is -2.28. The average molecular weight is 441 g/mol. The predicted molar refractivity (Wildman–Crippen MR) is 115 cm³/mol. The van der Waals surface area contributed by atoms with Crippen LogP contribution in [0.2, 0.25) is 0 Å². The van der Waals surface area contributed by atoms with Crippen LogP contribution in [0.25, 0.3) is 11.1 Å². The molecule has 0 aliphatic carbocycles. The minimum Gasteiger partial charge on any atom is -0.364 e. The van der Waals surface area contributed by atoms with Gasteiger partial charge in [-0.15, -0.1) is 0 Å². The minimum atomic E-state index is -3.29. The van der Waals surface area contributed by atoms with Gasteiger partial charge < -0.3 is 10.3 Å². The molecule has 1 aliphatic heterocycles. The number of nitrogens with two attached hydrogens (primary N) is 1. The van der Waals surface area contributed by atoms with Crippen LogP contribution in [0.3, 0.4) is 0 Å². The summed E-state index contributed by atoms with van der Waals surface area (Å²) in [6, 6.07) is 10.5. The average Bonchev–Trinajstić information content (AvgIpc) is 2.93. The Morgan fingerprint density at radius 2 is 1.81 bits per heavy atom. The molecular weight excluding hydrogens is 421 g/mol. The summed E-state index contributed by atoms with van der Waals surface area (Å²) in [4.78, 5) is 26.8. The number of amides is 2. The number of halogens is 1. The number of benzene rings is 2. The number of rotatable bonds is 4. The molecule has 9 heteroatoms. The van der Waals surface area contributed by atoms with Crippen LogP contribution >= 0.6 is 0 Å². The Labute approximate surface area is 178 Å². The summed E-state index contributed by atoms with van der Waals surface area (Å²) in [6.45, 7) is 0. The molecule has 2 aromatic carbocycles. The predicted octanol–water partition coefficient (Wildman–Crippen LogP) is 2.70. The molecule has 2 amide bonds. The molecule has 2 N–H and O–H groups in total. The molecule has 1 aliphatic rings. The third-order valence-electron chi connectivity index (χ3n) is 5.20. The van der Waals surface area contributed by atoms with Gasteiger partial charge in [-0.25, -0.2) is 12.8 Å². The molecule has 3 aromatic rings. The Morgan fingerprint density at radius 1 is 1.13 bits per heavy atom. The molecule has 160 valence electrons. The standard InChI is InChI=1S/C22H20FN3O4S/c1-25-11-18-16-9-13(12-31(2,29)30)3-8-19(16)26(15-6-4-14(23)5-7-15)20(27)10-17(18)21(25)22(24)28/h3-9,11H,10,12H2,1-2H3,(H2,24,28). The van der Waals surface area contributed by atoms with Crippen molar-refractivity contribution in [2.24, 2.45) is 12.8 Å². The maximum atomic E-state index is 13.5. The Bertz CT molecular complexity index is 1330. The highest BCUT2D eigenvalue weighted by atomic mass is 32.2. The second-order valence-corrected chi connectivity index (χ2v) is 9.79. The number of aryl methyl sites for hydroxylation is 1. The summed E-state index contributed by atoms with van der Waals surface area (Å²) < 4.78 is 38.7. The highest BCUT2D eigenvalue weighted by Gasteiger charge is 2.32. The van der Waals surface area contributed by atoms with Crippen molar-refractivity contribution in [3.8, 4) is 11.1 Å². The van der Waals surface area contributed by atoms with E-state index < -0.39 is 21.6 Å². The first-order valence-corrected chi connectivity index (χ1v) is 11.5. The van der Waals surface area contributed by atoms with Crippen LogP contribution in [0.4, 0.5) is 15.8 Å². The normalized spacial score (nSPS) is 13.5. The fourth-order valence-corrected chi connectivity index (χ4v) is 4.82. The van der Waals surface area contributed by atoms with E-state index in [4.69, 9.17) is 5.73 Å². The Hall–Kier alpha value is -3.46. The second kappa shape index (κ2) is 7.35. The molecule has 7 nitrogen and oxygen atoms in total. The van der Waals surface area contributed by atoms with E-state index in [0.717, 1.165) is 6.26 Å². The first kappa shape index (κ1) is 20.8. The Balaban J connectivity index is 2.00. The van der Waals surface area contributed by atoms with Gasteiger partial charge in [0.2, 0.25) is 5.91 Å². The quantitative estimate of drug-likeness (QED) is 0.672. The van der Waals surface area contributed by atoms with E-state index in [2.05, 4.69) is 0 Å². The van der Waals surface area contributed by atoms with Crippen molar-refractivity contribution >= 4 is 33.0 Å². The van der Waals surface area contributed by atoms with E-state index in [0.29, 0.717) is 33.6 Å². The van der Waals surface area contributed by atoms with Crippen molar-refractivity contribution in [3.05, 3.63) is 71.3 Å². The van der Waals surface area contributed by atoms with Crippen molar-refractivity contribution in [3.63, 3.8) is 0 Å². The zero-order valence-electron chi connectivity index (χ0n) is 16.9. The first-order chi connectivity index (χ1) is 14.5. The Morgan fingerprint density at radius 3 is 2.42 bits per heavy atom. The lowest BCUT2D eigenvalue weighted by Gasteiger charge is -2.24. The SMILES string of the molecule is Cn1cc2c(c1C(N)=O)CC(=O)N(c1ccc(F)cc1)c1ccc(CS(C)(=O)=O)cc1-2. The second-order valence-electron chi connectivity index (χ2n) is 7.65. The van der Waals surface area contributed by atoms with Crippen molar-refractivity contribution in [1.82, 2.24) is 4.57 Å². The van der Waals surface area contributed by atoms with Crippen LogP contribution in [0.15, 0.2) is 48.7 Å². The lowest BCUT2D eigenvalue weighted by atomic mass is 9.99. The van der Waals surface area contributed by atoms with Gasteiger partial charge in [0.05, 0.1) is 17.9 Å². The monoisotopic (exact) mass is 441 g/mol. The number of fused-ring (bicyclic) bond motifs is 3. The largest absolute Gasteiger partial charge is 0.364 e. The van der Waals surface area contributed by atoms with E-state index in [9.17, 15) is 22.4 Å². The summed E-state index contributed by atoms with van der Waals surface area (Å²) in [6.07, 6.45) is 2.76. The molecule has 0 bridgehead atoms. The molecule has 2 heterocycles. The number of carbonyl (C=O) groups is 2. The van der Waals surface area contributed by atoms with Crippen molar-refractivity contribution in [2.45, 2.75) is 12.2 Å². The first-order valence-electron chi connectivity index (χ1n) is 9.42. The zero-order chi connectivity index (χ0) is 22.5. The zero-order valence-corrected chi connectivity index (χ0v) is 17.7. The van der Waals surface area contributed by atoms with Gasteiger partial charge in [0.15, 0.2) is 9.84 Å². The molecule has 0 atom stereocenters. The molecule has 0 saturated heterocycles. The van der Waals surface area contributed by atoms with Crippen molar-refractivity contribution in [1.29, 1.82) is 0 Å². The van der Waals surface area contributed by atoms with Crippen LogP contribution in [0.5, 0.6) is 0 Å². The highest BCUT2D eigenvalue weighted by Crippen LogP contribution is 2.42. The molecule has 1 aromatic heterocycles. The van der Waals surface area contributed by atoms with Crippen LogP contribution in [-0.2, 0) is 33.9 Å².